The van der Waals surface area contributed by atoms with Crippen LogP contribution in [0.3, 0.4) is 0 Å². The van der Waals surface area contributed by atoms with Crippen LogP contribution < -0.4 is 16.0 Å². The van der Waals surface area contributed by atoms with E-state index in [2.05, 4.69) is 20.9 Å². The minimum atomic E-state index is -0.209. The van der Waals surface area contributed by atoms with Crippen molar-refractivity contribution in [1.29, 1.82) is 0 Å². The van der Waals surface area contributed by atoms with Crippen LogP contribution in [-0.2, 0) is 4.79 Å². The van der Waals surface area contributed by atoms with Gasteiger partial charge in [-0.2, -0.15) is 0 Å². The van der Waals surface area contributed by atoms with Crippen LogP contribution in [0.15, 0.2) is 48.8 Å². The van der Waals surface area contributed by atoms with E-state index in [1.54, 1.807) is 48.8 Å². The molecular formula is C18H20N4O2. The van der Waals surface area contributed by atoms with Crippen molar-refractivity contribution in [3.8, 4) is 0 Å². The van der Waals surface area contributed by atoms with E-state index in [0.29, 0.717) is 16.9 Å². The zero-order chi connectivity index (χ0) is 16.8. The maximum absolute atomic E-state index is 12.2. The van der Waals surface area contributed by atoms with Crippen molar-refractivity contribution in [1.82, 2.24) is 10.3 Å². The van der Waals surface area contributed by atoms with Crippen molar-refractivity contribution >= 4 is 23.2 Å². The first kappa shape index (κ1) is 16.1. The molecule has 0 aliphatic carbocycles. The molecule has 1 saturated heterocycles. The van der Waals surface area contributed by atoms with Crippen LogP contribution in [0.25, 0.3) is 0 Å². The predicted octanol–water partition coefficient (Wildman–Crippen LogP) is 2.27. The predicted molar refractivity (Wildman–Crippen MR) is 92.9 cm³/mol. The van der Waals surface area contributed by atoms with Crippen molar-refractivity contribution in [2.24, 2.45) is 5.92 Å². The van der Waals surface area contributed by atoms with Gasteiger partial charge in [-0.05, 0) is 62.3 Å². The Balaban J connectivity index is 1.58. The van der Waals surface area contributed by atoms with E-state index in [4.69, 9.17) is 0 Å². The molecule has 0 unspecified atom stereocenters. The number of amides is 2. The second kappa shape index (κ2) is 7.70. The first-order valence-corrected chi connectivity index (χ1v) is 8.05. The molecule has 1 aliphatic heterocycles. The highest BCUT2D eigenvalue weighted by Gasteiger charge is 2.20. The van der Waals surface area contributed by atoms with Crippen molar-refractivity contribution < 1.29 is 9.59 Å². The number of hydrogen-bond acceptors (Lipinski definition) is 4. The van der Waals surface area contributed by atoms with Crippen molar-refractivity contribution in [2.75, 3.05) is 23.7 Å². The Morgan fingerprint density at radius 1 is 1.00 bits per heavy atom. The second-order valence-corrected chi connectivity index (χ2v) is 5.79. The van der Waals surface area contributed by atoms with Crippen molar-refractivity contribution in [3.05, 3.63) is 54.4 Å². The lowest BCUT2D eigenvalue weighted by molar-refractivity contribution is -0.120. The third kappa shape index (κ3) is 4.17. The summed E-state index contributed by atoms with van der Waals surface area (Å²) in [5, 5.41) is 8.94. The third-order valence-electron chi connectivity index (χ3n) is 4.04. The van der Waals surface area contributed by atoms with E-state index >= 15 is 0 Å². The fourth-order valence-corrected chi connectivity index (χ4v) is 2.67. The molecule has 124 valence electrons. The Labute approximate surface area is 140 Å². The summed E-state index contributed by atoms with van der Waals surface area (Å²) in [7, 11) is 0. The molecule has 1 fully saturated rings. The van der Waals surface area contributed by atoms with E-state index in [1.807, 2.05) is 0 Å². The Hall–Kier alpha value is -2.73. The van der Waals surface area contributed by atoms with Gasteiger partial charge in [-0.1, -0.05) is 0 Å². The number of carbonyl (C=O) groups is 2. The molecule has 6 nitrogen and oxygen atoms in total. The molecule has 24 heavy (non-hydrogen) atoms. The van der Waals surface area contributed by atoms with Crippen LogP contribution in [0.2, 0.25) is 0 Å². The molecule has 1 aromatic heterocycles. The molecule has 2 aromatic rings. The van der Waals surface area contributed by atoms with E-state index in [0.717, 1.165) is 25.9 Å². The lowest BCUT2D eigenvalue weighted by Gasteiger charge is -2.21. The lowest BCUT2D eigenvalue weighted by atomic mass is 9.97. The number of nitrogens with zero attached hydrogens (tertiary/aromatic N) is 1. The Morgan fingerprint density at radius 2 is 1.75 bits per heavy atom. The number of pyridine rings is 1. The molecule has 2 amide bonds. The molecule has 3 N–H and O–H groups in total. The van der Waals surface area contributed by atoms with E-state index < -0.39 is 0 Å². The fraction of sp³-hybridized carbons (Fsp3) is 0.278. The molecule has 3 rings (SSSR count). The lowest BCUT2D eigenvalue weighted by Crippen LogP contribution is -2.34. The second-order valence-electron chi connectivity index (χ2n) is 5.79. The Kier molecular flexibility index (Phi) is 5.18. The SMILES string of the molecule is O=C(Nc1cccnc1)c1ccc(NC(=O)C2CCNCC2)cc1. The molecule has 0 atom stereocenters. The topological polar surface area (TPSA) is 83.1 Å². The van der Waals surface area contributed by atoms with Crippen LogP contribution in [0.5, 0.6) is 0 Å². The highest BCUT2D eigenvalue weighted by Crippen LogP contribution is 2.16. The molecule has 1 aromatic carbocycles. The largest absolute Gasteiger partial charge is 0.326 e. The summed E-state index contributed by atoms with van der Waals surface area (Å²) in [5.74, 6) is -0.108. The summed E-state index contributed by atoms with van der Waals surface area (Å²) in [4.78, 5) is 28.3. The van der Waals surface area contributed by atoms with Gasteiger partial charge in [-0.3, -0.25) is 14.6 Å². The van der Waals surface area contributed by atoms with Crippen LogP contribution in [0.1, 0.15) is 23.2 Å². The fourth-order valence-electron chi connectivity index (χ4n) is 2.67. The van der Waals surface area contributed by atoms with Crippen molar-refractivity contribution in [3.63, 3.8) is 0 Å². The average molecular weight is 324 g/mol. The minimum Gasteiger partial charge on any atom is -0.326 e. The normalized spacial score (nSPS) is 14.8. The van der Waals surface area contributed by atoms with Gasteiger partial charge in [0.1, 0.15) is 0 Å². The number of anilines is 2. The summed E-state index contributed by atoms with van der Waals surface area (Å²) in [6.45, 7) is 1.76. The van der Waals surface area contributed by atoms with Gasteiger partial charge in [0, 0.05) is 23.4 Å². The zero-order valence-electron chi connectivity index (χ0n) is 13.3. The average Bonchev–Trinajstić information content (AvgIpc) is 2.64. The maximum Gasteiger partial charge on any atom is 0.255 e. The van der Waals surface area contributed by atoms with Gasteiger partial charge in [-0.15, -0.1) is 0 Å². The van der Waals surface area contributed by atoms with E-state index in [1.165, 1.54) is 0 Å². The van der Waals surface area contributed by atoms with Gasteiger partial charge in [-0.25, -0.2) is 0 Å². The first-order chi connectivity index (χ1) is 11.7. The number of hydrogen-bond donors (Lipinski definition) is 3. The summed E-state index contributed by atoms with van der Waals surface area (Å²) in [6, 6.07) is 10.4. The molecule has 6 heteroatoms. The summed E-state index contributed by atoms with van der Waals surface area (Å²) in [5.41, 5.74) is 1.88. The molecular weight excluding hydrogens is 304 g/mol. The van der Waals surface area contributed by atoms with Gasteiger partial charge in [0.15, 0.2) is 0 Å². The number of benzene rings is 1. The van der Waals surface area contributed by atoms with Gasteiger partial charge < -0.3 is 16.0 Å². The van der Waals surface area contributed by atoms with E-state index in [-0.39, 0.29) is 17.7 Å². The molecule has 0 saturated carbocycles. The highest BCUT2D eigenvalue weighted by molar-refractivity contribution is 6.04. The van der Waals surface area contributed by atoms with Crippen molar-refractivity contribution in [2.45, 2.75) is 12.8 Å². The third-order valence-corrected chi connectivity index (χ3v) is 4.04. The highest BCUT2D eigenvalue weighted by atomic mass is 16.2. The molecule has 2 heterocycles. The zero-order valence-corrected chi connectivity index (χ0v) is 13.3. The number of aromatic nitrogens is 1. The Bertz CT molecular complexity index is 695. The summed E-state index contributed by atoms with van der Waals surface area (Å²) in [6.07, 6.45) is 4.95. The minimum absolute atomic E-state index is 0.0454. The summed E-state index contributed by atoms with van der Waals surface area (Å²) < 4.78 is 0. The molecule has 0 bridgehead atoms. The van der Waals surface area contributed by atoms with Gasteiger partial charge >= 0.3 is 0 Å². The molecule has 0 spiro atoms. The smallest absolute Gasteiger partial charge is 0.255 e. The van der Waals surface area contributed by atoms with Crippen LogP contribution in [0.4, 0.5) is 11.4 Å². The van der Waals surface area contributed by atoms with E-state index in [9.17, 15) is 9.59 Å². The van der Waals surface area contributed by atoms with Gasteiger partial charge in [0.05, 0.1) is 11.9 Å². The standard InChI is InChI=1S/C18H20N4O2/c23-17(22-16-2-1-9-20-12-16)13-3-5-15(6-4-13)21-18(24)14-7-10-19-11-8-14/h1-6,9,12,14,19H,7-8,10-11H2,(H,21,24)(H,22,23). The number of nitrogens with one attached hydrogen (secondary N) is 3. The maximum atomic E-state index is 12.2. The number of piperidine rings is 1. The van der Waals surface area contributed by atoms with Gasteiger partial charge in [0.2, 0.25) is 5.91 Å². The van der Waals surface area contributed by atoms with Crippen LogP contribution in [0, 0.1) is 5.92 Å². The Morgan fingerprint density at radius 3 is 2.42 bits per heavy atom. The molecule has 1 aliphatic rings. The number of carbonyl (C=O) groups excluding carboxylic acids is 2. The van der Waals surface area contributed by atoms with Gasteiger partial charge in [0.25, 0.3) is 5.91 Å². The first-order valence-electron chi connectivity index (χ1n) is 8.05. The molecule has 0 radical (unpaired) electrons. The quantitative estimate of drug-likeness (QED) is 0.806. The van der Waals surface area contributed by atoms with Crippen LogP contribution >= 0.6 is 0 Å². The summed E-state index contributed by atoms with van der Waals surface area (Å²) >= 11 is 0. The monoisotopic (exact) mass is 324 g/mol. The number of rotatable bonds is 4. The van der Waals surface area contributed by atoms with Crippen LogP contribution in [-0.4, -0.2) is 29.9 Å².